The first kappa shape index (κ1) is 15.6. The predicted octanol–water partition coefficient (Wildman–Crippen LogP) is 4.35. The summed E-state index contributed by atoms with van der Waals surface area (Å²) in [6, 6.07) is 7.38. The van der Waals surface area contributed by atoms with Crippen molar-refractivity contribution in [3.8, 4) is 0 Å². The zero-order valence-corrected chi connectivity index (χ0v) is 13.3. The van der Waals surface area contributed by atoms with Gasteiger partial charge in [0, 0.05) is 15.2 Å². The Balaban J connectivity index is 2.42. The number of nitrogens with two attached hydrogens (primary N) is 1. The highest BCUT2D eigenvalue weighted by Crippen LogP contribution is 2.31. The van der Waals surface area contributed by atoms with Gasteiger partial charge in [-0.3, -0.25) is 0 Å². The monoisotopic (exact) mass is 372 g/mol. The summed E-state index contributed by atoms with van der Waals surface area (Å²) >= 11 is 9.17. The molecule has 2 aromatic rings. The van der Waals surface area contributed by atoms with Gasteiger partial charge in [-0.25, -0.2) is 9.18 Å². The Morgan fingerprint density at radius 2 is 2.05 bits per heavy atom. The number of anilines is 3. The Morgan fingerprint density at radius 1 is 1.33 bits per heavy atom. The maximum absolute atomic E-state index is 14.0. The van der Waals surface area contributed by atoms with Crippen LogP contribution in [-0.4, -0.2) is 13.1 Å². The maximum Gasteiger partial charge on any atom is 0.340 e. The van der Waals surface area contributed by atoms with E-state index >= 15 is 0 Å². The number of carbonyl (C=O) groups is 1. The van der Waals surface area contributed by atoms with Crippen LogP contribution in [0.2, 0.25) is 5.02 Å². The molecule has 110 valence electrons. The standard InChI is InChI=1S/C14H11BrClFN2O2/c1-21-14(20)8-5-13(10(17)6-11(8)18)19-12-3-2-7(16)4-9(12)15/h2-6,19H,18H2,1H3. The average molecular weight is 374 g/mol. The fourth-order valence-electron chi connectivity index (χ4n) is 1.71. The van der Waals surface area contributed by atoms with Crippen LogP contribution in [0.1, 0.15) is 10.4 Å². The fraction of sp³-hybridized carbons (Fsp3) is 0.0714. The number of hydrogen-bond acceptors (Lipinski definition) is 4. The highest BCUT2D eigenvalue weighted by molar-refractivity contribution is 9.10. The van der Waals surface area contributed by atoms with Gasteiger partial charge in [0.25, 0.3) is 0 Å². The van der Waals surface area contributed by atoms with E-state index in [0.29, 0.717) is 15.2 Å². The lowest BCUT2D eigenvalue weighted by Gasteiger charge is -2.12. The summed E-state index contributed by atoms with van der Waals surface area (Å²) in [5.41, 5.74) is 6.42. The summed E-state index contributed by atoms with van der Waals surface area (Å²) in [6.45, 7) is 0. The van der Waals surface area contributed by atoms with Crippen molar-refractivity contribution in [3.05, 3.63) is 51.2 Å². The van der Waals surface area contributed by atoms with Crippen molar-refractivity contribution >= 4 is 50.6 Å². The molecule has 0 spiro atoms. The van der Waals surface area contributed by atoms with Gasteiger partial charge in [-0.1, -0.05) is 11.6 Å². The molecule has 2 rings (SSSR count). The molecule has 0 aliphatic rings. The zero-order chi connectivity index (χ0) is 15.6. The van der Waals surface area contributed by atoms with Crippen molar-refractivity contribution < 1.29 is 13.9 Å². The molecule has 21 heavy (non-hydrogen) atoms. The van der Waals surface area contributed by atoms with Crippen molar-refractivity contribution in [1.29, 1.82) is 0 Å². The number of nitrogens with one attached hydrogen (secondary N) is 1. The topological polar surface area (TPSA) is 64.3 Å². The van der Waals surface area contributed by atoms with Gasteiger partial charge in [-0.05, 0) is 46.3 Å². The van der Waals surface area contributed by atoms with Gasteiger partial charge >= 0.3 is 5.97 Å². The van der Waals surface area contributed by atoms with Gasteiger partial charge in [0.2, 0.25) is 0 Å². The van der Waals surface area contributed by atoms with Crippen molar-refractivity contribution in [2.45, 2.75) is 0 Å². The Bertz CT molecular complexity index is 710. The van der Waals surface area contributed by atoms with Crippen LogP contribution in [0.4, 0.5) is 21.5 Å². The number of hydrogen-bond donors (Lipinski definition) is 2. The summed E-state index contributed by atoms with van der Waals surface area (Å²) in [7, 11) is 1.23. The molecule has 4 nitrogen and oxygen atoms in total. The predicted molar refractivity (Wildman–Crippen MR) is 84.6 cm³/mol. The Kier molecular flexibility index (Phi) is 4.69. The highest BCUT2D eigenvalue weighted by atomic mass is 79.9. The smallest absolute Gasteiger partial charge is 0.340 e. The second-order valence-corrected chi connectivity index (χ2v) is 5.45. The number of benzene rings is 2. The third-order valence-corrected chi connectivity index (χ3v) is 3.64. The Labute approximate surface area is 134 Å². The van der Waals surface area contributed by atoms with Gasteiger partial charge in [0.15, 0.2) is 0 Å². The van der Waals surface area contributed by atoms with Crippen molar-refractivity contribution in [2.24, 2.45) is 0 Å². The lowest BCUT2D eigenvalue weighted by atomic mass is 10.1. The van der Waals surface area contributed by atoms with Crippen LogP contribution in [0.5, 0.6) is 0 Å². The van der Waals surface area contributed by atoms with E-state index < -0.39 is 11.8 Å². The molecule has 0 radical (unpaired) electrons. The third kappa shape index (κ3) is 3.46. The van der Waals surface area contributed by atoms with E-state index in [4.69, 9.17) is 17.3 Å². The number of nitrogen functional groups attached to an aromatic ring is 1. The number of carbonyl (C=O) groups excluding carboxylic acids is 1. The second kappa shape index (κ2) is 6.32. The molecule has 0 unspecified atom stereocenters. The molecule has 2 aromatic carbocycles. The maximum atomic E-state index is 14.0. The second-order valence-electron chi connectivity index (χ2n) is 4.16. The van der Waals surface area contributed by atoms with Gasteiger partial charge in [-0.15, -0.1) is 0 Å². The summed E-state index contributed by atoms with van der Waals surface area (Å²) in [6.07, 6.45) is 0. The summed E-state index contributed by atoms with van der Waals surface area (Å²) in [5.74, 6) is -1.22. The molecule has 0 aliphatic carbocycles. The average Bonchev–Trinajstić information content (AvgIpc) is 2.43. The third-order valence-electron chi connectivity index (χ3n) is 2.74. The van der Waals surface area contributed by atoms with Crippen LogP contribution in [-0.2, 0) is 4.74 Å². The molecule has 0 aromatic heterocycles. The van der Waals surface area contributed by atoms with Gasteiger partial charge < -0.3 is 15.8 Å². The van der Waals surface area contributed by atoms with Crippen LogP contribution in [0.15, 0.2) is 34.8 Å². The first-order chi connectivity index (χ1) is 9.92. The van der Waals surface area contributed by atoms with Gasteiger partial charge in [0.05, 0.1) is 24.0 Å². The van der Waals surface area contributed by atoms with Crippen LogP contribution < -0.4 is 11.1 Å². The van der Waals surface area contributed by atoms with E-state index in [9.17, 15) is 9.18 Å². The summed E-state index contributed by atoms with van der Waals surface area (Å²) < 4.78 is 19.2. The Morgan fingerprint density at radius 3 is 2.67 bits per heavy atom. The lowest BCUT2D eigenvalue weighted by Crippen LogP contribution is -2.07. The lowest BCUT2D eigenvalue weighted by molar-refractivity contribution is 0.0602. The summed E-state index contributed by atoms with van der Waals surface area (Å²) in [5, 5.41) is 3.41. The molecular formula is C14H11BrClFN2O2. The molecule has 0 bridgehead atoms. The summed E-state index contributed by atoms with van der Waals surface area (Å²) in [4.78, 5) is 11.6. The van der Waals surface area contributed by atoms with Crippen molar-refractivity contribution in [1.82, 2.24) is 0 Å². The minimum absolute atomic E-state index is 0.0140. The van der Waals surface area contributed by atoms with E-state index in [1.807, 2.05) is 0 Å². The minimum atomic E-state index is -0.634. The SMILES string of the molecule is COC(=O)c1cc(Nc2ccc(Cl)cc2Br)c(F)cc1N. The van der Waals surface area contributed by atoms with E-state index in [2.05, 4.69) is 26.0 Å². The van der Waals surface area contributed by atoms with Crippen LogP contribution in [0, 0.1) is 5.82 Å². The number of esters is 1. The quantitative estimate of drug-likeness (QED) is 0.620. The van der Waals surface area contributed by atoms with E-state index in [0.717, 1.165) is 6.07 Å². The van der Waals surface area contributed by atoms with Crippen LogP contribution >= 0.6 is 27.5 Å². The molecule has 0 amide bonds. The molecule has 0 fully saturated rings. The Hall–Kier alpha value is -1.79. The van der Waals surface area contributed by atoms with Crippen LogP contribution in [0.25, 0.3) is 0 Å². The molecule has 0 aliphatic heterocycles. The zero-order valence-electron chi connectivity index (χ0n) is 10.9. The highest BCUT2D eigenvalue weighted by Gasteiger charge is 2.15. The molecule has 3 N–H and O–H groups in total. The van der Waals surface area contributed by atoms with E-state index in [-0.39, 0.29) is 16.9 Å². The molecule has 0 heterocycles. The van der Waals surface area contributed by atoms with E-state index in [1.165, 1.54) is 13.2 Å². The van der Waals surface area contributed by atoms with Crippen LogP contribution in [0.3, 0.4) is 0 Å². The minimum Gasteiger partial charge on any atom is -0.465 e. The molecule has 0 saturated heterocycles. The number of halogens is 3. The number of ether oxygens (including phenoxy) is 1. The first-order valence-corrected chi connectivity index (χ1v) is 6.99. The molecule has 0 atom stereocenters. The largest absolute Gasteiger partial charge is 0.465 e. The van der Waals surface area contributed by atoms with Gasteiger partial charge in [0.1, 0.15) is 5.82 Å². The molecule has 0 saturated carbocycles. The van der Waals surface area contributed by atoms with Crippen molar-refractivity contribution in [2.75, 3.05) is 18.2 Å². The van der Waals surface area contributed by atoms with Crippen molar-refractivity contribution in [3.63, 3.8) is 0 Å². The fourth-order valence-corrected chi connectivity index (χ4v) is 2.49. The van der Waals surface area contributed by atoms with E-state index in [1.54, 1.807) is 18.2 Å². The molecule has 7 heteroatoms. The normalized spacial score (nSPS) is 10.3. The molecular weight excluding hydrogens is 363 g/mol. The number of rotatable bonds is 3. The van der Waals surface area contributed by atoms with Gasteiger partial charge in [-0.2, -0.15) is 0 Å². The first-order valence-electron chi connectivity index (χ1n) is 5.81. The number of methoxy groups -OCH3 is 1.